The first-order valence-corrected chi connectivity index (χ1v) is 7.62. The number of ether oxygens (including phenoxy) is 2. The highest BCUT2D eigenvalue weighted by Crippen LogP contribution is 2.25. The molecule has 3 nitrogen and oxygen atoms in total. The van der Waals surface area contributed by atoms with E-state index in [1.54, 1.807) is 0 Å². The summed E-state index contributed by atoms with van der Waals surface area (Å²) in [5.74, 6) is 0. The van der Waals surface area contributed by atoms with Crippen molar-refractivity contribution in [3.63, 3.8) is 0 Å². The maximum absolute atomic E-state index is 6.02. The molecule has 1 aromatic rings. The normalized spacial score (nSPS) is 27.5. The van der Waals surface area contributed by atoms with Gasteiger partial charge in [0.2, 0.25) is 0 Å². The summed E-state index contributed by atoms with van der Waals surface area (Å²) in [6, 6.07) is 6.20. The van der Waals surface area contributed by atoms with Gasteiger partial charge < -0.3 is 15.2 Å². The number of hydrogen-bond donors (Lipinski definition) is 1. The van der Waals surface area contributed by atoms with Crippen molar-refractivity contribution in [2.45, 2.75) is 58.2 Å². The van der Waals surface area contributed by atoms with Crippen molar-refractivity contribution in [1.82, 2.24) is 0 Å². The molecule has 1 aliphatic heterocycles. The Morgan fingerprint density at radius 3 is 2.58 bits per heavy atom. The van der Waals surface area contributed by atoms with Crippen molar-refractivity contribution < 1.29 is 9.47 Å². The number of halogens is 1. The predicted molar refractivity (Wildman–Crippen MR) is 79.9 cm³/mol. The lowest BCUT2D eigenvalue weighted by Crippen LogP contribution is -2.34. The Morgan fingerprint density at radius 2 is 2.00 bits per heavy atom. The summed E-state index contributed by atoms with van der Waals surface area (Å²) in [5, 5.41) is 0. The Labute approximate surface area is 123 Å². The van der Waals surface area contributed by atoms with Gasteiger partial charge in [-0.05, 0) is 43.9 Å². The summed E-state index contributed by atoms with van der Waals surface area (Å²) in [6.07, 6.45) is 2.82. The van der Waals surface area contributed by atoms with Gasteiger partial charge >= 0.3 is 0 Å². The van der Waals surface area contributed by atoms with E-state index < -0.39 is 0 Å². The van der Waals surface area contributed by atoms with Crippen molar-refractivity contribution in [2.24, 2.45) is 5.73 Å². The summed E-state index contributed by atoms with van der Waals surface area (Å²) in [4.78, 5) is 0. The molecule has 19 heavy (non-hydrogen) atoms. The molecule has 1 aromatic carbocycles. The second kappa shape index (κ2) is 6.84. The van der Waals surface area contributed by atoms with Crippen LogP contribution in [-0.2, 0) is 22.6 Å². The van der Waals surface area contributed by atoms with Crippen LogP contribution in [0.4, 0.5) is 0 Å². The van der Waals surface area contributed by atoms with E-state index in [1.807, 2.05) is 0 Å². The molecule has 0 amide bonds. The second-order valence-electron chi connectivity index (χ2n) is 5.29. The van der Waals surface area contributed by atoms with Gasteiger partial charge in [-0.25, -0.2) is 0 Å². The first kappa shape index (κ1) is 15.0. The van der Waals surface area contributed by atoms with E-state index in [0.717, 1.165) is 22.9 Å². The predicted octanol–water partition coefficient (Wildman–Crippen LogP) is 3.38. The first-order chi connectivity index (χ1) is 9.08. The molecule has 2 atom stereocenters. The highest BCUT2D eigenvalue weighted by Gasteiger charge is 2.24. The van der Waals surface area contributed by atoms with E-state index in [2.05, 4.69) is 48.0 Å². The maximum atomic E-state index is 6.02. The molecular formula is C15H22BrNO2. The van der Waals surface area contributed by atoms with Gasteiger partial charge in [-0.3, -0.25) is 0 Å². The van der Waals surface area contributed by atoms with Gasteiger partial charge in [-0.15, -0.1) is 0 Å². The summed E-state index contributed by atoms with van der Waals surface area (Å²) in [5.41, 5.74) is 7.92. The number of rotatable bonds is 4. The topological polar surface area (TPSA) is 44.5 Å². The van der Waals surface area contributed by atoms with Crippen molar-refractivity contribution >= 4 is 15.9 Å². The van der Waals surface area contributed by atoms with Crippen LogP contribution in [0.1, 0.15) is 37.8 Å². The quantitative estimate of drug-likeness (QED) is 0.921. The van der Waals surface area contributed by atoms with E-state index in [1.165, 1.54) is 5.56 Å². The van der Waals surface area contributed by atoms with Crippen LogP contribution >= 0.6 is 15.9 Å². The molecule has 2 N–H and O–H groups in total. The fourth-order valence-electron chi connectivity index (χ4n) is 2.52. The van der Waals surface area contributed by atoms with E-state index in [4.69, 9.17) is 15.2 Å². The van der Waals surface area contributed by atoms with E-state index in [0.29, 0.717) is 19.3 Å². The third kappa shape index (κ3) is 4.28. The third-order valence-electron chi connectivity index (χ3n) is 3.48. The fraction of sp³-hybridized carbons (Fsp3) is 0.600. The summed E-state index contributed by atoms with van der Waals surface area (Å²) in [6.45, 7) is 5.42. The van der Waals surface area contributed by atoms with Gasteiger partial charge in [-0.2, -0.15) is 0 Å². The molecular weight excluding hydrogens is 306 g/mol. The standard InChI is InChI=1S/C15H22BrNO2/c1-10-5-14(6-11(2)19-10)18-9-13-4-3-12(8-17)7-15(13)16/h3-4,7,10-11,14H,5-6,8-9,17H2,1-2H3. The minimum Gasteiger partial charge on any atom is -0.375 e. The van der Waals surface area contributed by atoms with Crippen LogP contribution in [0.5, 0.6) is 0 Å². The molecule has 1 aliphatic rings. The van der Waals surface area contributed by atoms with Crippen molar-refractivity contribution in [2.75, 3.05) is 0 Å². The monoisotopic (exact) mass is 327 g/mol. The Hall–Kier alpha value is -0.420. The Morgan fingerprint density at radius 1 is 1.32 bits per heavy atom. The Bertz CT molecular complexity index is 415. The SMILES string of the molecule is CC1CC(OCc2ccc(CN)cc2Br)CC(C)O1. The summed E-state index contributed by atoms with van der Waals surface area (Å²) >= 11 is 3.58. The van der Waals surface area contributed by atoms with Crippen LogP contribution in [0.3, 0.4) is 0 Å². The Kier molecular flexibility index (Phi) is 5.39. The Balaban J connectivity index is 1.91. The smallest absolute Gasteiger partial charge is 0.0731 e. The van der Waals surface area contributed by atoms with Crippen LogP contribution in [0.2, 0.25) is 0 Å². The summed E-state index contributed by atoms with van der Waals surface area (Å²) in [7, 11) is 0. The molecule has 2 rings (SSSR count). The molecule has 2 unspecified atom stereocenters. The molecule has 4 heteroatoms. The van der Waals surface area contributed by atoms with E-state index in [-0.39, 0.29) is 12.2 Å². The van der Waals surface area contributed by atoms with E-state index >= 15 is 0 Å². The minimum absolute atomic E-state index is 0.289. The largest absolute Gasteiger partial charge is 0.375 e. The molecule has 1 heterocycles. The van der Waals surface area contributed by atoms with E-state index in [9.17, 15) is 0 Å². The molecule has 1 saturated heterocycles. The van der Waals surface area contributed by atoms with Gasteiger partial charge in [0.25, 0.3) is 0 Å². The highest BCUT2D eigenvalue weighted by molar-refractivity contribution is 9.10. The molecule has 0 bridgehead atoms. The molecule has 0 aromatic heterocycles. The average Bonchev–Trinajstić information content (AvgIpc) is 2.36. The third-order valence-corrected chi connectivity index (χ3v) is 4.22. The van der Waals surface area contributed by atoms with Crippen LogP contribution in [-0.4, -0.2) is 18.3 Å². The molecule has 0 radical (unpaired) electrons. The second-order valence-corrected chi connectivity index (χ2v) is 6.15. The number of hydrogen-bond acceptors (Lipinski definition) is 3. The first-order valence-electron chi connectivity index (χ1n) is 6.83. The number of nitrogens with two attached hydrogens (primary N) is 1. The van der Waals surface area contributed by atoms with Crippen LogP contribution < -0.4 is 5.73 Å². The lowest BCUT2D eigenvalue weighted by molar-refractivity contribution is -0.106. The van der Waals surface area contributed by atoms with Crippen molar-refractivity contribution in [1.29, 1.82) is 0 Å². The highest BCUT2D eigenvalue weighted by atomic mass is 79.9. The van der Waals surface area contributed by atoms with Gasteiger partial charge in [-0.1, -0.05) is 28.1 Å². The van der Waals surface area contributed by atoms with Gasteiger partial charge in [0.1, 0.15) is 0 Å². The molecule has 1 fully saturated rings. The summed E-state index contributed by atoms with van der Waals surface area (Å²) < 4.78 is 12.8. The van der Waals surface area contributed by atoms with Crippen molar-refractivity contribution in [3.8, 4) is 0 Å². The molecule has 0 spiro atoms. The number of benzene rings is 1. The molecule has 0 aliphatic carbocycles. The minimum atomic E-state index is 0.289. The molecule has 106 valence electrons. The maximum Gasteiger partial charge on any atom is 0.0731 e. The fourth-order valence-corrected chi connectivity index (χ4v) is 3.06. The molecule has 0 saturated carbocycles. The van der Waals surface area contributed by atoms with Crippen molar-refractivity contribution in [3.05, 3.63) is 33.8 Å². The van der Waals surface area contributed by atoms with Gasteiger partial charge in [0.05, 0.1) is 24.9 Å². The van der Waals surface area contributed by atoms with Crippen LogP contribution in [0, 0.1) is 0 Å². The zero-order valence-corrected chi connectivity index (χ0v) is 13.2. The van der Waals surface area contributed by atoms with Gasteiger partial charge in [0, 0.05) is 11.0 Å². The lowest BCUT2D eigenvalue weighted by atomic mass is 10.0. The zero-order valence-electron chi connectivity index (χ0n) is 11.6. The van der Waals surface area contributed by atoms with Gasteiger partial charge in [0.15, 0.2) is 0 Å². The van der Waals surface area contributed by atoms with Crippen LogP contribution in [0.15, 0.2) is 22.7 Å². The lowest BCUT2D eigenvalue weighted by Gasteiger charge is -2.32. The zero-order chi connectivity index (χ0) is 13.8. The van der Waals surface area contributed by atoms with Crippen LogP contribution in [0.25, 0.3) is 0 Å². The average molecular weight is 328 g/mol.